The van der Waals surface area contributed by atoms with Gasteiger partial charge in [-0.3, -0.25) is 0 Å². The van der Waals surface area contributed by atoms with Gasteiger partial charge in [0.1, 0.15) is 59.0 Å². The molecule has 0 aromatic heterocycles. The monoisotopic (exact) mass is 938 g/mol. The standard InChI is InChI=1S/2C30H31NO4/c2*1-28(2)34-27-25(33-26(19-20-31)29(27,3)35-28)21-32-30(22-13-7-4-8-14-22,23-15-9-5-10-16-23)24-17-11-6-12-18-24/h2*4-18,25-27H,19,21H2,1-3H3/t25-,26+,27-,29+;25-,26-,27-,29+/m11/s1. The lowest BCUT2D eigenvalue weighted by molar-refractivity contribution is -0.208. The molecule has 10 heteroatoms. The van der Waals surface area contributed by atoms with Gasteiger partial charge in [0.25, 0.3) is 0 Å². The third kappa shape index (κ3) is 9.23. The van der Waals surface area contributed by atoms with Crippen LogP contribution in [0.5, 0.6) is 0 Å². The van der Waals surface area contributed by atoms with E-state index in [-0.39, 0.29) is 38.3 Å². The van der Waals surface area contributed by atoms with Crippen LogP contribution >= 0.6 is 0 Å². The first-order valence-corrected chi connectivity index (χ1v) is 24.2. The maximum atomic E-state index is 9.43. The van der Waals surface area contributed by atoms with Crippen LogP contribution in [0.1, 0.15) is 87.8 Å². The summed E-state index contributed by atoms with van der Waals surface area (Å²) in [6.07, 6.45) is -1.83. The van der Waals surface area contributed by atoms with Gasteiger partial charge in [0.15, 0.2) is 11.6 Å². The van der Waals surface area contributed by atoms with E-state index in [9.17, 15) is 10.5 Å². The molecular weight excluding hydrogens is 877 g/mol. The average Bonchev–Trinajstić information content (AvgIpc) is 3.98. The second kappa shape index (κ2) is 20.0. The number of rotatable bonds is 14. The lowest BCUT2D eigenvalue weighted by atomic mass is 9.80. The van der Waals surface area contributed by atoms with E-state index in [1.165, 1.54) is 0 Å². The van der Waals surface area contributed by atoms with Gasteiger partial charge in [-0.05, 0) is 74.9 Å². The number of nitrogens with zero attached hydrogens (tertiary/aromatic N) is 2. The Morgan fingerprint density at radius 2 is 0.657 bits per heavy atom. The van der Waals surface area contributed by atoms with Gasteiger partial charge in [-0.15, -0.1) is 0 Å². The van der Waals surface area contributed by atoms with Gasteiger partial charge < -0.3 is 37.9 Å². The van der Waals surface area contributed by atoms with Gasteiger partial charge in [0, 0.05) is 0 Å². The molecule has 0 spiro atoms. The predicted molar refractivity (Wildman–Crippen MR) is 265 cm³/mol. The van der Waals surface area contributed by atoms with E-state index in [0.717, 1.165) is 33.4 Å². The Morgan fingerprint density at radius 3 is 0.886 bits per heavy atom. The highest BCUT2D eigenvalue weighted by molar-refractivity contribution is 5.49. The second-order valence-electron chi connectivity index (χ2n) is 19.7. The molecule has 0 saturated carbocycles. The number of hydrogen-bond donors (Lipinski definition) is 0. The quantitative estimate of drug-likeness (QED) is 0.0976. The summed E-state index contributed by atoms with van der Waals surface area (Å²) in [7, 11) is 0. The molecule has 0 bridgehead atoms. The Hall–Kier alpha value is -6.02. The Balaban J connectivity index is 0.000000174. The summed E-state index contributed by atoms with van der Waals surface area (Å²) >= 11 is 0. The van der Waals surface area contributed by atoms with Crippen molar-refractivity contribution in [2.24, 2.45) is 0 Å². The maximum Gasteiger partial charge on any atom is 0.164 e. The highest BCUT2D eigenvalue weighted by atomic mass is 16.8. The first-order valence-electron chi connectivity index (χ1n) is 24.2. The van der Waals surface area contributed by atoms with Crippen molar-refractivity contribution in [1.82, 2.24) is 0 Å². The molecule has 0 unspecified atom stereocenters. The van der Waals surface area contributed by atoms with Crippen LogP contribution in [-0.4, -0.2) is 72.6 Å². The Bertz CT molecular complexity index is 2350. The van der Waals surface area contributed by atoms with Crippen molar-refractivity contribution in [3.05, 3.63) is 215 Å². The molecule has 4 aliphatic rings. The van der Waals surface area contributed by atoms with E-state index < -0.39 is 58.4 Å². The van der Waals surface area contributed by atoms with Crippen LogP contribution in [0.3, 0.4) is 0 Å². The predicted octanol–water partition coefficient (Wildman–Crippen LogP) is 11.2. The summed E-state index contributed by atoms with van der Waals surface area (Å²) in [5, 5.41) is 18.9. The van der Waals surface area contributed by atoms with Crippen LogP contribution in [0.2, 0.25) is 0 Å². The van der Waals surface area contributed by atoms with Crippen LogP contribution in [-0.2, 0) is 49.1 Å². The van der Waals surface area contributed by atoms with Crippen LogP contribution in [0.15, 0.2) is 182 Å². The first-order chi connectivity index (χ1) is 33.8. The molecule has 10 nitrogen and oxygen atoms in total. The molecule has 10 rings (SSSR count). The van der Waals surface area contributed by atoms with Crippen LogP contribution in [0.4, 0.5) is 0 Å². The second-order valence-corrected chi connectivity index (χ2v) is 19.7. The minimum atomic E-state index is -0.855. The summed E-state index contributed by atoms with van der Waals surface area (Å²) in [6.45, 7) is 12.1. The molecular formula is C60H62N2O8. The molecule has 6 aromatic rings. The number of ether oxygens (including phenoxy) is 8. The summed E-state index contributed by atoms with van der Waals surface area (Å²) in [5.41, 5.74) is 2.99. The Morgan fingerprint density at radius 1 is 0.414 bits per heavy atom. The number of fused-ring (bicyclic) bond motifs is 2. The largest absolute Gasteiger partial charge is 0.366 e. The highest BCUT2D eigenvalue weighted by Crippen LogP contribution is 2.51. The molecule has 4 heterocycles. The van der Waals surface area contributed by atoms with Gasteiger partial charge in [-0.1, -0.05) is 182 Å². The van der Waals surface area contributed by atoms with E-state index in [1.54, 1.807) is 0 Å². The zero-order valence-electron chi connectivity index (χ0n) is 40.8. The third-order valence-corrected chi connectivity index (χ3v) is 14.1. The van der Waals surface area contributed by atoms with Gasteiger partial charge in [0.2, 0.25) is 0 Å². The first kappa shape index (κ1) is 49.0. The summed E-state index contributed by atoms with van der Waals surface area (Å²) in [4.78, 5) is 0. The molecule has 0 aliphatic carbocycles. The number of nitriles is 2. The molecule has 6 aromatic carbocycles. The van der Waals surface area contributed by atoms with Crippen LogP contribution in [0, 0.1) is 22.7 Å². The van der Waals surface area contributed by atoms with E-state index in [2.05, 4.69) is 84.9 Å². The molecule has 0 N–H and O–H groups in total. The smallest absolute Gasteiger partial charge is 0.164 e. The van der Waals surface area contributed by atoms with Gasteiger partial charge in [0.05, 0.1) is 38.2 Å². The molecule has 0 amide bonds. The van der Waals surface area contributed by atoms with E-state index >= 15 is 0 Å². The van der Waals surface area contributed by atoms with E-state index in [1.807, 2.05) is 151 Å². The highest BCUT2D eigenvalue weighted by Gasteiger charge is 2.65. The molecule has 4 aliphatic heterocycles. The third-order valence-electron chi connectivity index (χ3n) is 14.1. The summed E-state index contributed by atoms with van der Waals surface area (Å²) < 4.78 is 51.9. The number of benzene rings is 6. The SMILES string of the molecule is CC1(C)O[C@@H]2[C@@H](COC(c3ccccc3)(c3ccccc3)c3ccccc3)O[C@@H](CC#N)[C@]2(C)O1.CC1(C)O[C@@H]2[C@@H](COC(c3ccccc3)(c3ccccc3)c3ccccc3)O[C@H](CC#N)[C@]2(C)O1. The molecule has 4 fully saturated rings. The van der Waals surface area contributed by atoms with Crippen molar-refractivity contribution in [2.75, 3.05) is 13.2 Å². The minimum Gasteiger partial charge on any atom is -0.366 e. The fourth-order valence-electron chi connectivity index (χ4n) is 11.2. The fourth-order valence-corrected chi connectivity index (χ4v) is 11.2. The maximum absolute atomic E-state index is 9.43. The van der Waals surface area contributed by atoms with Crippen molar-refractivity contribution in [3.63, 3.8) is 0 Å². The Kier molecular flexibility index (Phi) is 14.0. The van der Waals surface area contributed by atoms with Crippen molar-refractivity contribution in [3.8, 4) is 12.1 Å². The zero-order valence-corrected chi connectivity index (χ0v) is 40.8. The Labute approximate surface area is 412 Å². The molecule has 4 saturated heterocycles. The average molecular weight is 939 g/mol. The molecule has 0 radical (unpaired) electrons. The molecule has 360 valence electrons. The lowest BCUT2D eigenvalue weighted by Crippen LogP contribution is -2.44. The van der Waals surface area contributed by atoms with E-state index in [4.69, 9.17) is 37.9 Å². The molecule has 70 heavy (non-hydrogen) atoms. The lowest BCUT2D eigenvalue weighted by Gasteiger charge is -2.37. The van der Waals surface area contributed by atoms with E-state index in [0.29, 0.717) is 0 Å². The summed E-state index contributed by atoms with van der Waals surface area (Å²) in [5.74, 6) is -1.52. The van der Waals surface area contributed by atoms with Crippen LogP contribution < -0.4 is 0 Å². The van der Waals surface area contributed by atoms with Crippen molar-refractivity contribution < 1.29 is 37.9 Å². The normalized spacial score (nSPS) is 27.3. The van der Waals surface area contributed by atoms with Gasteiger partial charge in [-0.25, -0.2) is 0 Å². The fraction of sp³-hybridized carbons (Fsp3) is 0.367. The van der Waals surface area contributed by atoms with Crippen molar-refractivity contribution in [2.45, 2.75) is 125 Å². The van der Waals surface area contributed by atoms with Crippen molar-refractivity contribution in [1.29, 1.82) is 10.5 Å². The van der Waals surface area contributed by atoms with Crippen molar-refractivity contribution >= 4 is 0 Å². The van der Waals surface area contributed by atoms with Gasteiger partial charge >= 0.3 is 0 Å². The minimum absolute atomic E-state index is 0.226. The molecule has 8 atom stereocenters. The van der Waals surface area contributed by atoms with Crippen LogP contribution in [0.25, 0.3) is 0 Å². The topological polar surface area (TPSA) is 121 Å². The van der Waals surface area contributed by atoms with Gasteiger partial charge in [-0.2, -0.15) is 10.5 Å². The number of hydrogen-bond acceptors (Lipinski definition) is 10. The summed E-state index contributed by atoms with van der Waals surface area (Å²) in [6, 6.07) is 66.0. The zero-order chi connectivity index (χ0) is 49.0.